The fourth-order valence-electron chi connectivity index (χ4n) is 1.16. The first-order valence-electron chi connectivity index (χ1n) is 4.24. The van der Waals surface area contributed by atoms with Gasteiger partial charge in [-0.3, -0.25) is 0 Å². The van der Waals surface area contributed by atoms with Gasteiger partial charge in [0, 0.05) is 4.47 Å². The van der Waals surface area contributed by atoms with Crippen LogP contribution in [-0.4, -0.2) is 22.2 Å². The summed E-state index contributed by atoms with van der Waals surface area (Å²) in [6.45, 7) is 1.96. The molecule has 2 N–H and O–H groups in total. The van der Waals surface area contributed by atoms with Gasteiger partial charge >= 0.3 is 0 Å². The van der Waals surface area contributed by atoms with Crippen LogP contribution >= 0.6 is 27.5 Å². The van der Waals surface area contributed by atoms with Crippen LogP contribution in [-0.2, 0) is 0 Å². The minimum atomic E-state index is -0.942. The van der Waals surface area contributed by atoms with Gasteiger partial charge in [-0.2, -0.15) is 0 Å². The number of aryl methyl sites for hydroxylation is 1. The van der Waals surface area contributed by atoms with Crippen LogP contribution in [0.15, 0.2) is 22.7 Å². The van der Waals surface area contributed by atoms with Gasteiger partial charge in [0.15, 0.2) is 0 Å². The van der Waals surface area contributed by atoms with E-state index in [2.05, 4.69) is 15.9 Å². The topological polar surface area (TPSA) is 40.5 Å². The van der Waals surface area contributed by atoms with Gasteiger partial charge in [0.25, 0.3) is 0 Å². The van der Waals surface area contributed by atoms with E-state index in [0.717, 1.165) is 10.0 Å². The Morgan fingerprint density at radius 1 is 1.43 bits per heavy atom. The number of aliphatic hydroxyl groups excluding tert-OH is 2. The number of alkyl halides is 1. The van der Waals surface area contributed by atoms with Gasteiger partial charge < -0.3 is 10.2 Å². The van der Waals surface area contributed by atoms with E-state index in [-0.39, 0.29) is 5.88 Å². The minimum absolute atomic E-state index is 0.0154. The molecule has 0 amide bonds. The molecule has 14 heavy (non-hydrogen) atoms. The summed E-state index contributed by atoms with van der Waals surface area (Å²) < 4.78 is 0.786. The maximum atomic E-state index is 9.70. The summed E-state index contributed by atoms with van der Waals surface area (Å²) in [5, 5.41) is 19.1. The molecule has 78 valence electrons. The van der Waals surface area contributed by atoms with Crippen molar-refractivity contribution < 1.29 is 10.2 Å². The predicted molar refractivity (Wildman–Crippen MR) is 60.6 cm³/mol. The summed E-state index contributed by atoms with van der Waals surface area (Å²) >= 11 is 8.79. The summed E-state index contributed by atoms with van der Waals surface area (Å²) in [6, 6.07) is 5.55. The van der Waals surface area contributed by atoms with Crippen LogP contribution in [0.4, 0.5) is 0 Å². The number of hydrogen-bond acceptors (Lipinski definition) is 2. The highest BCUT2D eigenvalue weighted by molar-refractivity contribution is 9.10. The number of benzene rings is 1. The van der Waals surface area contributed by atoms with Crippen molar-refractivity contribution in [2.24, 2.45) is 0 Å². The second kappa shape index (κ2) is 5.12. The molecule has 2 unspecified atom stereocenters. The first-order valence-corrected chi connectivity index (χ1v) is 5.57. The fraction of sp³-hybridized carbons (Fsp3) is 0.400. The van der Waals surface area contributed by atoms with Crippen LogP contribution in [0, 0.1) is 6.92 Å². The zero-order valence-electron chi connectivity index (χ0n) is 7.74. The number of aliphatic hydroxyl groups is 2. The smallest absolute Gasteiger partial charge is 0.107 e. The van der Waals surface area contributed by atoms with Gasteiger partial charge in [-0.05, 0) is 24.1 Å². The van der Waals surface area contributed by atoms with Crippen LogP contribution in [0.3, 0.4) is 0 Å². The Hall–Kier alpha value is -0.0900. The SMILES string of the molecule is Cc1ccc(C(O)C(O)CCl)c(Br)c1. The molecule has 0 saturated carbocycles. The highest BCUT2D eigenvalue weighted by Crippen LogP contribution is 2.26. The van der Waals surface area contributed by atoms with E-state index in [4.69, 9.17) is 11.6 Å². The molecule has 2 atom stereocenters. The lowest BCUT2D eigenvalue weighted by atomic mass is 10.0. The molecule has 0 aliphatic carbocycles. The van der Waals surface area contributed by atoms with Crippen LogP contribution in [0.1, 0.15) is 17.2 Å². The lowest BCUT2D eigenvalue weighted by Gasteiger charge is -2.17. The van der Waals surface area contributed by atoms with E-state index in [9.17, 15) is 10.2 Å². The molecule has 1 aromatic carbocycles. The summed E-state index contributed by atoms with van der Waals surface area (Å²) in [7, 11) is 0. The molecule has 1 rings (SSSR count). The second-order valence-electron chi connectivity index (χ2n) is 3.19. The summed E-state index contributed by atoms with van der Waals surface area (Å²) in [4.78, 5) is 0. The minimum Gasteiger partial charge on any atom is -0.389 e. The molecule has 0 aliphatic heterocycles. The van der Waals surface area contributed by atoms with Gasteiger partial charge in [0.2, 0.25) is 0 Å². The standard InChI is InChI=1S/C10H12BrClO2/c1-6-2-3-7(8(11)4-6)10(14)9(13)5-12/h2-4,9-10,13-14H,5H2,1H3. The Morgan fingerprint density at radius 3 is 2.57 bits per heavy atom. The molecule has 0 spiro atoms. The van der Waals surface area contributed by atoms with Crippen LogP contribution in [0.2, 0.25) is 0 Å². The Morgan fingerprint density at radius 2 is 2.07 bits per heavy atom. The third-order valence-electron chi connectivity index (χ3n) is 2.00. The van der Waals surface area contributed by atoms with Crippen molar-refractivity contribution in [2.75, 3.05) is 5.88 Å². The van der Waals surface area contributed by atoms with Crippen molar-refractivity contribution in [3.63, 3.8) is 0 Å². The number of halogens is 2. The predicted octanol–water partition coefficient (Wildman–Crippen LogP) is 2.39. The van der Waals surface area contributed by atoms with Crippen molar-refractivity contribution >= 4 is 27.5 Å². The van der Waals surface area contributed by atoms with Gasteiger partial charge in [-0.15, -0.1) is 11.6 Å². The van der Waals surface area contributed by atoms with E-state index in [1.807, 2.05) is 19.1 Å². The molecular formula is C10H12BrClO2. The highest BCUT2D eigenvalue weighted by atomic mass is 79.9. The normalized spacial score (nSPS) is 15.2. The molecule has 0 fully saturated rings. The molecule has 0 saturated heterocycles. The molecule has 4 heteroatoms. The lowest BCUT2D eigenvalue weighted by Crippen LogP contribution is -2.20. The van der Waals surface area contributed by atoms with E-state index >= 15 is 0 Å². The Labute approximate surface area is 96.7 Å². The van der Waals surface area contributed by atoms with Gasteiger partial charge in [-0.1, -0.05) is 28.1 Å². The van der Waals surface area contributed by atoms with Crippen molar-refractivity contribution in [1.29, 1.82) is 0 Å². The van der Waals surface area contributed by atoms with Crippen LogP contribution in [0.5, 0.6) is 0 Å². The molecule has 1 aromatic rings. The largest absolute Gasteiger partial charge is 0.389 e. The first kappa shape index (κ1) is 12.0. The van der Waals surface area contributed by atoms with Gasteiger partial charge in [0.05, 0.1) is 12.0 Å². The summed E-state index contributed by atoms with van der Waals surface area (Å²) in [6.07, 6.45) is -1.88. The van der Waals surface area contributed by atoms with E-state index in [1.54, 1.807) is 6.07 Å². The molecule has 0 aliphatic rings. The zero-order chi connectivity index (χ0) is 10.7. The number of hydrogen-bond donors (Lipinski definition) is 2. The molecule has 2 nitrogen and oxygen atoms in total. The van der Waals surface area contributed by atoms with Crippen LogP contribution < -0.4 is 0 Å². The lowest BCUT2D eigenvalue weighted by molar-refractivity contribution is 0.0323. The average molecular weight is 280 g/mol. The maximum Gasteiger partial charge on any atom is 0.107 e. The van der Waals surface area contributed by atoms with Gasteiger partial charge in [-0.25, -0.2) is 0 Å². The van der Waals surface area contributed by atoms with Gasteiger partial charge in [0.1, 0.15) is 6.10 Å². The Balaban J connectivity index is 2.95. The summed E-state index contributed by atoms with van der Waals surface area (Å²) in [5.74, 6) is 0.0154. The Kier molecular flexibility index (Phi) is 4.38. The average Bonchev–Trinajstić information content (AvgIpc) is 2.15. The third kappa shape index (κ3) is 2.70. The van der Waals surface area contributed by atoms with E-state index < -0.39 is 12.2 Å². The molecule has 0 bridgehead atoms. The molecule has 0 radical (unpaired) electrons. The van der Waals surface area contributed by atoms with Crippen molar-refractivity contribution in [3.05, 3.63) is 33.8 Å². The van der Waals surface area contributed by atoms with E-state index in [1.165, 1.54) is 0 Å². The monoisotopic (exact) mass is 278 g/mol. The molecular weight excluding hydrogens is 267 g/mol. The fourth-order valence-corrected chi connectivity index (χ4v) is 2.06. The van der Waals surface area contributed by atoms with Crippen molar-refractivity contribution in [1.82, 2.24) is 0 Å². The van der Waals surface area contributed by atoms with Crippen LogP contribution in [0.25, 0.3) is 0 Å². The zero-order valence-corrected chi connectivity index (χ0v) is 10.1. The number of rotatable bonds is 3. The molecule has 0 aromatic heterocycles. The quantitative estimate of drug-likeness (QED) is 0.834. The van der Waals surface area contributed by atoms with Crippen molar-refractivity contribution in [2.45, 2.75) is 19.1 Å². The molecule has 0 heterocycles. The van der Waals surface area contributed by atoms with Crippen molar-refractivity contribution in [3.8, 4) is 0 Å². The first-order chi connectivity index (χ1) is 6.56. The highest BCUT2D eigenvalue weighted by Gasteiger charge is 2.19. The maximum absolute atomic E-state index is 9.70. The second-order valence-corrected chi connectivity index (χ2v) is 4.35. The Bertz CT molecular complexity index is 317. The third-order valence-corrected chi connectivity index (χ3v) is 3.00. The summed E-state index contributed by atoms with van der Waals surface area (Å²) in [5.41, 5.74) is 1.75. The van der Waals surface area contributed by atoms with E-state index in [0.29, 0.717) is 5.56 Å².